The van der Waals surface area contributed by atoms with E-state index in [0.29, 0.717) is 0 Å². The second-order valence-electron chi connectivity index (χ2n) is 5.34. The highest BCUT2D eigenvalue weighted by Crippen LogP contribution is 2.42. The van der Waals surface area contributed by atoms with Gasteiger partial charge in [0.2, 0.25) is 0 Å². The molecule has 3 rings (SSSR count). The SMILES string of the molecule is C1=C(c2ccccc2)CC2CCCCC2C1. The standard InChI is InChI=1S/C16H20/c1-2-6-13(7-3-1)16-11-10-14-8-4-5-9-15(14)12-16/h1-3,6-7,11,14-15H,4-5,8-10,12H2. The Labute approximate surface area is 98.4 Å². The summed E-state index contributed by atoms with van der Waals surface area (Å²) in [7, 11) is 0. The van der Waals surface area contributed by atoms with Crippen molar-refractivity contribution < 1.29 is 0 Å². The summed E-state index contributed by atoms with van der Waals surface area (Å²) in [5.74, 6) is 1.98. The van der Waals surface area contributed by atoms with Crippen LogP contribution in [0.25, 0.3) is 5.57 Å². The molecular weight excluding hydrogens is 192 g/mol. The van der Waals surface area contributed by atoms with E-state index in [1.54, 1.807) is 5.57 Å². The first-order valence-corrected chi connectivity index (χ1v) is 6.68. The summed E-state index contributed by atoms with van der Waals surface area (Å²) in [6, 6.07) is 10.9. The molecule has 2 aliphatic rings. The molecule has 0 spiro atoms. The Balaban J connectivity index is 1.81. The van der Waals surface area contributed by atoms with Crippen LogP contribution < -0.4 is 0 Å². The van der Waals surface area contributed by atoms with Gasteiger partial charge in [0.25, 0.3) is 0 Å². The lowest BCUT2D eigenvalue weighted by atomic mass is 9.70. The second kappa shape index (κ2) is 4.45. The van der Waals surface area contributed by atoms with E-state index >= 15 is 0 Å². The van der Waals surface area contributed by atoms with Gasteiger partial charge >= 0.3 is 0 Å². The average molecular weight is 212 g/mol. The summed E-state index contributed by atoms with van der Waals surface area (Å²) in [5, 5.41) is 0. The van der Waals surface area contributed by atoms with E-state index in [1.807, 2.05) is 0 Å². The largest absolute Gasteiger partial charge is 0.0804 e. The van der Waals surface area contributed by atoms with Crippen LogP contribution in [0.1, 0.15) is 44.1 Å². The van der Waals surface area contributed by atoms with Crippen molar-refractivity contribution in [1.82, 2.24) is 0 Å². The Morgan fingerprint density at radius 1 is 0.875 bits per heavy atom. The molecular formula is C16H20. The van der Waals surface area contributed by atoms with Crippen LogP contribution >= 0.6 is 0 Å². The molecule has 16 heavy (non-hydrogen) atoms. The number of hydrogen-bond acceptors (Lipinski definition) is 0. The quantitative estimate of drug-likeness (QED) is 0.634. The fourth-order valence-corrected chi connectivity index (χ4v) is 3.41. The Morgan fingerprint density at radius 2 is 1.62 bits per heavy atom. The second-order valence-corrected chi connectivity index (χ2v) is 5.34. The summed E-state index contributed by atoms with van der Waals surface area (Å²) >= 11 is 0. The van der Waals surface area contributed by atoms with E-state index in [2.05, 4.69) is 36.4 Å². The van der Waals surface area contributed by atoms with Crippen LogP contribution in [0.5, 0.6) is 0 Å². The normalized spacial score (nSPS) is 29.4. The van der Waals surface area contributed by atoms with E-state index in [4.69, 9.17) is 0 Å². The van der Waals surface area contributed by atoms with Crippen molar-refractivity contribution in [3.05, 3.63) is 42.0 Å². The van der Waals surface area contributed by atoms with Crippen LogP contribution in [0, 0.1) is 11.8 Å². The van der Waals surface area contributed by atoms with Crippen LogP contribution in [-0.2, 0) is 0 Å². The summed E-state index contributed by atoms with van der Waals surface area (Å²) in [6.45, 7) is 0. The zero-order valence-electron chi connectivity index (χ0n) is 9.86. The van der Waals surface area contributed by atoms with Crippen LogP contribution in [0.2, 0.25) is 0 Å². The van der Waals surface area contributed by atoms with Gasteiger partial charge in [-0.15, -0.1) is 0 Å². The predicted molar refractivity (Wildman–Crippen MR) is 69.1 cm³/mol. The lowest BCUT2D eigenvalue weighted by Crippen LogP contribution is -2.22. The minimum Gasteiger partial charge on any atom is -0.0804 e. The average Bonchev–Trinajstić information content (AvgIpc) is 2.39. The Hall–Kier alpha value is -1.04. The maximum atomic E-state index is 2.50. The molecule has 0 nitrogen and oxygen atoms in total. The van der Waals surface area contributed by atoms with Gasteiger partial charge < -0.3 is 0 Å². The molecule has 1 aromatic carbocycles. The summed E-state index contributed by atoms with van der Waals surface area (Å²) in [6.07, 6.45) is 11.0. The van der Waals surface area contributed by atoms with Gasteiger partial charge in [0, 0.05) is 0 Å². The molecule has 84 valence electrons. The van der Waals surface area contributed by atoms with E-state index in [1.165, 1.54) is 44.1 Å². The minimum atomic E-state index is 0.981. The lowest BCUT2D eigenvalue weighted by Gasteiger charge is -2.35. The highest BCUT2D eigenvalue weighted by molar-refractivity contribution is 5.66. The zero-order chi connectivity index (χ0) is 10.8. The number of fused-ring (bicyclic) bond motifs is 1. The summed E-state index contributed by atoms with van der Waals surface area (Å²) in [4.78, 5) is 0. The third kappa shape index (κ3) is 1.93. The van der Waals surface area contributed by atoms with E-state index in [-0.39, 0.29) is 0 Å². The molecule has 0 aromatic heterocycles. The molecule has 1 fully saturated rings. The van der Waals surface area contributed by atoms with Crippen molar-refractivity contribution in [2.75, 3.05) is 0 Å². The predicted octanol–water partition coefficient (Wildman–Crippen LogP) is 4.67. The molecule has 1 saturated carbocycles. The zero-order valence-corrected chi connectivity index (χ0v) is 9.86. The van der Waals surface area contributed by atoms with Gasteiger partial charge in [-0.1, -0.05) is 49.2 Å². The first-order chi connectivity index (χ1) is 7.93. The van der Waals surface area contributed by atoms with Crippen molar-refractivity contribution in [3.63, 3.8) is 0 Å². The molecule has 0 radical (unpaired) electrons. The molecule has 0 amide bonds. The Morgan fingerprint density at radius 3 is 2.44 bits per heavy atom. The van der Waals surface area contributed by atoms with Crippen LogP contribution in [-0.4, -0.2) is 0 Å². The highest BCUT2D eigenvalue weighted by Gasteiger charge is 2.28. The molecule has 0 heteroatoms. The van der Waals surface area contributed by atoms with Gasteiger partial charge in [0.05, 0.1) is 0 Å². The Bertz CT molecular complexity index is 374. The van der Waals surface area contributed by atoms with Crippen molar-refractivity contribution in [2.45, 2.75) is 38.5 Å². The van der Waals surface area contributed by atoms with Gasteiger partial charge in [0.1, 0.15) is 0 Å². The Kier molecular flexibility index (Phi) is 2.82. The van der Waals surface area contributed by atoms with Gasteiger partial charge in [-0.25, -0.2) is 0 Å². The van der Waals surface area contributed by atoms with Gasteiger partial charge in [-0.3, -0.25) is 0 Å². The smallest absolute Gasteiger partial charge is 0.0228 e. The highest BCUT2D eigenvalue weighted by atomic mass is 14.3. The number of hydrogen-bond donors (Lipinski definition) is 0. The van der Waals surface area contributed by atoms with E-state index < -0.39 is 0 Å². The molecule has 0 saturated heterocycles. The molecule has 0 heterocycles. The molecule has 1 aromatic rings. The molecule has 2 unspecified atom stereocenters. The lowest BCUT2D eigenvalue weighted by molar-refractivity contribution is 0.235. The summed E-state index contributed by atoms with van der Waals surface area (Å²) < 4.78 is 0. The molecule has 0 bridgehead atoms. The monoisotopic (exact) mass is 212 g/mol. The topological polar surface area (TPSA) is 0 Å². The molecule has 0 aliphatic heterocycles. The number of rotatable bonds is 1. The fraction of sp³-hybridized carbons (Fsp3) is 0.500. The van der Waals surface area contributed by atoms with Crippen LogP contribution in [0.4, 0.5) is 0 Å². The van der Waals surface area contributed by atoms with E-state index in [9.17, 15) is 0 Å². The van der Waals surface area contributed by atoms with Crippen molar-refractivity contribution >= 4 is 5.57 Å². The third-order valence-corrected chi connectivity index (χ3v) is 4.36. The third-order valence-electron chi connectivity index (χ3n) is 4.36. The van der Waals surface area contributed by atoms with Crippen LogP contribution in [0.15, 0.2) is 36.4 Å². The molecule has 2 aliphatic carbocycles. The van der Waals surface area contributed by atoms with Crippen molar-refractivity contribution in [3.8, 4) is 0 Å². The van der Waals surface area contributed by atoms with Gasteiger partial charge in [-0.05, 0) is 48.7 Å². The van der Waals surface area contributed by atoms with Gasteiger partial charge in [-0.2, -0.15) is 0 Å². The summed E-state index contributed by atoms with van der Waals surface area (Å²) in [5.41, 5.74) is 3.05. The first kappa shape index (κ1) is 10.1. The maximum Gasteiger partial charge on any atom is -0.0228 e. The van der Waals surface area contributed by atoms with Crippen molar-refractivity contribution in [2.24, 2.45) is 11.8 Å². The maximum absolute atomic E-state index is 2.50. The minimum absolute atomic E-state index is 0.981. The van der Waals surface area contributed by atoms with E-state index in [0.717, 1.165) is 11.8 Å². The van der Waals surface area contributed by atoms with Crippen LogP contribution in [0.3, 0.4) is 0 Å². The molecule has 0 N–H and O–H groups in total. The van der Waals surface area contributed by atoms with Gasteiger partial charge in [0.15, 0.2) is 0 Å². The first-order valence-electron chi connectivity index (χ1n) is 6.68. The molecule has 2 atom stereocenters. The van der Waals surface area contributed by atoms with Crippen molar-refractivity contribution in [1.29, 1.82) is 0 Å². The number of benzene rings is 1. The fourth-order valence-electron chi connectivity index (χ4n) is 3.41. The number of allylic oxidation sites excluding steroid dienone is 2.